The van der Waals surface area contributed by atoms with Crippen LogP contribution in [0.2, 0.25) is 0 Å². The highest BCUT2D eigenvalue weighted by Crippen LogP contribution is 2.10. The van der Waals surface area contributed by atoms with Crippen molar-refractivity contribution >= 4 is 5.91 Å². The van der Waals surface area contributed by atoms with Crippen molar-refractivity contribution in [3.63, 3.8) is 0 Å². The van der Waals surface area contributed by atoms with Gasteiger partial charge in [0.1, 0.15) is 0 Å². The predicted octanol–water partition coefficient (Wildman–Crippen LogP) is 3.07. The summed E-state index contributed by atoms with van der Waals surface area (Å²) in [4.78, 5) is 13.2. The number of carbonyl (C=O) groups is 1. The topological polar surface area (TPSA) is 20.3 Å². The van der Waals surface area contributed by atoms with Gasteiger partial charge in [0.2, 0.25) is 5.91 Å². The van der Waals surface area contributed by atoms with E-state index in [2.05, 4.69) is 20.8 Å². The van der Waals surface area contributed by atoms with Gasteiger partial charge in [0.25, 0.3) is 0 Å². The summed E-state index contributed by atoms with van der Waals surface area (Å²) in [5, 5.41) is 0. The van der Waals surface area contributed by atoms with Gasteiger partial charge in [-0.3, -0.25) is 4.79 Å². The van der Waals surface area contributed by atoms with Gasteiger partial charge in [-0.15, -0.1) is 0 Å². The molecule has 0 bridgehead atoms. The van der Waals surface area contributed by atoms with Gasteiger partial charge < -0.3 is 4.90 Å². The van der Waals surface area contributed by atoms with Crippen LogP contribution in [0, 0.1) is 5.92 Å². The van der Waals surface area contributed by atoms with Crippen LogP contribution >= 0.6 is 0 Å². The second-order valence-corrected chi connectivity index (χ2v) is 4.21. The first kappa shape index (κ1) is 13.5. The molecule has 0 aromatic rings. The third-order valence-electron chi connectivity index (χ3n) is 2.52. The van der Waals surface area contributed by atoms with Crippen LogP contribution in [-0.2, 0) is 4.79 Å². The molecule has 0 aliphatic carbocycles. The first-order valence-corrected chi connectivity index (χ1v) is 5.87. The molecule has 0 saturated heterocycles. The lowest BCUT2D eigenvalue weighted by Crippen LogP contribution is -2.33. The molecular weight excluding hydrogens is 174 g/mol. The number of hydrogen-bond donors (Lipinski definition) is 0. The highest BCUT2D eigenvalue weighted by molar-refractivity contribution is 5.73. The Hall–Kier alpha value is -0.530. The van der Waals surface area contributed by atoms with E-state index in [0.29, 0.717) is 5.92 Å². The van der Waals surface area contributed by atoms with Gasteiger partial charge in [0.05, 0.1) is 0 Å². The molecule has 14 heavy (non-hydrogen) atoms. The molecule has 0 aliphatic heterocycles. The molecule has 2 heteroatoms. The summed E-state index contributed by atoms with van der Waals surface area (Å²) in [6, 6.07) is 0. The Balaban J connectivity index is 3.83. The van der Waals surface area contributed by atoms with Crippen LogP contribution in [0.5, 0.6) is 0 Å². The molecule has 2 nitrogen and oxygen atoms in total. The number of unbranched alkanes of at least 4 members (excludes halogenated alkanes) is 1. The summed E-state index contributed by atoms with van der Waals surface area (Å²) >= 11 is 0. The van der Waals surface area contributed by atoms with Crippen molar-refractivity contribution in [3.8, 4) is 0 Å². The Morgan fingerprint density at radius 1 is 1.29 bits per heavy atom. The quantitative estimate of drug-likeness (QED) is 0.617. The smallest absolute Gasteiger partial charge is 0.219 e. The van der Waals surface area contributed by atoms with Crippen molar-refractivity contribution in [2.45, 2.75) is 53.4 Å². The number of carbonyl (C=O) groups excluding carboxylic acids is 1. The Labute approximate surface area is 88.7 Å². The van der Waals surface area contributed by atoms with Crippen molar-refractivity contribution in [2.24, 2.45) is 5.92 Å². The number of amides is 1. The van der Waals surface area contributed by atoms with E-state index in [-0.39, 0.29) is 5.91 Å². The minimum Gasteiger partial charge on any atom is -0.343 e. The number of rotatable bonds is 7. The van der Waals surface area contributed by atoms with Crippen LogP contribution in [0.4, 0.5) is 0 Å². The zero-order valence-corrected chi connectivity index (χ0v) is 10.2. The first-order chi connectivity index (χ1) is 6.61. The van der Waals surface area contributed by atoms with E-state index in [0.717, 1.165) is 19.5 Å². The fraction of sp³-hybridized carbons (Fsp3) is 0.917. The summed E-state index contributed by atoms with van der Waals surface area (Å²) in [6.07, 6.45) is 4.82. The minimum absolute atomic E-state index is 0.218. The average molecular weight is 199 g/mol. The lowest BCUT2D eigenvalue weighted by Gasteiger charge is -2.24. The Morgan fingerprint density at radius 3 is 2.36 bits per heavy atom. The van der Waals surface area contributed by atoms with E-state index in [4.69, 9.17) is 0 Å². The van der Waals surface area contributed by atoms with Gasteiger partial charge in [-0.25, -0.2) is 0 Å². The third-order valence-corrected chi connectivity index (χ3v) is 2.52. The van der Waals surface area contributed by atoms with E-state index < -0.39 is 0 Å². The van der Waals surface area contributed by atoms with E-state index in [1.165, 1.54) is 19.3 Å². The van der Waals surface area contributed by atoms with E-state index >= 15 is 0 Å². The molecule has 0 heterocycles. The Morgan fingerprint density at radius 2 is 1.93 bits per heavy atom. The van der Waals surface area contributed by atoms with Crippen LogP contribution < -0.4 is 0 Å². The molecule has 0 spiro atoms. The largest absolute Gasteiger partial charge is 0.343 e. The summed E-state index contributed by atoms with van der Waals surface area (Å²) in [6.45, 7) is 10.1. The Bertz CT molecular complexity index is 156. The van der Waals surface area contributed by atoms with Gasteiger partial charge in [0, 0.05) is 20.0 Å². The second-order valence-electron chi connectivity index (χ2n) is 4.21. The summed E-state index contributed by atoms with van der Waals surface area (Å²) in [5.41, 5.74) is 0. The van der Waals surface area contributed by atoms with Crippen LogP contribution in [0.25, 0.3) is 0 Å². The molecule has 0 fully saturated rings. The SMILES string of the molecule is CCCCC(C)CN(CCC)C(C)=O. The standard InChI is InChI=1S/C12H25NO/c1-5-7-8-11(3)10-13(9-6-2)12(4)14/h11H,5-10H2,1-4H3. The molecule has 1 amide bonds. The molecule has 0 saturated carbocycles. The van der Waals surface area contributed by atoms with E-state index in [1.54, 1.807) is 6.92 Å². The van der Waals surface area contributed by atoms with Crippen molar-refractivity contribution in [2.75, 3.05) is 13.1 Å². The molecule has 0 aromatic heterocycles. The molecule has 0 aliphatic rings. The first-order valence-electron chi connectivity index (χ1n) is 5.87. The zero-order chi connectivity index (χ0) is 11.0. The van der Waals surface area contributed by atoms with Gasteiger partial charge >= 0.3 is 0 Å². The second kappa shape index (κ2) is 7.84. The number of hydrogen-bond acceptors (Lipinski definition) is 1. The third kappa shape index (κ3) is 6.01. The molecule has 1 unspecified atom stereocenters. The van der Waals surface area contributed by atoms with Crippen molar-refractivity contribution in [3.05, 3.63) is 0 Å². The predicted molar refractivity (Wildman–Crippen MR) is 61.2 cm³/mol. The molecular formula is C12H25NO. The summed E-state index contributed by atoms with van der Waals surface area (Å²) in [5.74, 6) is 0.862. The monoisotopic (exact) mass is 199 g/mol. The zero-order valence-electron chi connectivity index (χ0n) is 10.2. The van der Waals surface area contributed by atoms with Crippen molar-refractivity contribution < 1.29 is 4.79 Å². The van der Waals surface area contributed by atoms with Gasteiger partial charge in [-0.05, 0) is 18.8 Å². The molecule has 0 radical (unpaired) electrons. The van der Waals surface area contributed by atoms with Crippen molar-refractivity contribution in [1.29, 1.82) is 0 Å². The minimum atomic E-state index is 0.218. The van der Waals surface area contributed by atoms with E-state index in [9.17, 15) is 4.79 Å². The van der Waals surface area contributed by atoms with E-state index in [1.807, 2.05) is 4.90 Å². The fourth-order valence-corrected chi connectivity index (χ4v) is 1.67. The van der Waals surface area contributed by atoms with Crippen LogP contribution in [0.15, 0.2) is 0 Å². The van der Waals surface area contributed by atoms with Crippen molar-refractivity contribution in [1.82, 2.24) is 4.90 Å². The lowest BCUT2D eigenvalue weighted by atomic mass is 10.0. The maximum Gasteiger partial charge on any atom is 0.219 e. The van der Waals surface area contributed by atoms with Crippen LogP contribution in [0.1, 0.15) is 53.4 Å². The van der Waals surface area contributed by atoms with Crippen LogP contribution in [-0.4, -0.2) is 23.9 Å². The Kier molecular flexibility index (Phi) is 7.54. The number of nitrogens with zero attached hydrogens (tertiary/aromatic N) is 1. The lowest BCUT2D eigenvalue weighted by molar-refractivity contribution is -0.129. The fourth-order valence-electron chi connectivity index (χ4n) is 1.67. The highest BCUT2D eigenvalue weighted by Gasteiger charge is 2.11. The molecule has 0 N–H and O–H groups in total. The molecule has 1 atom stereocenters. The van der Waals surface area contributed by atoms with Gasteiger partial charge in [-0.1, -0.05) is 33.6 Å². The molecule has 0 rings (SSSR count). The van der Waals surface area contributed by atoms with Gasteiger partial charge in [0.15, 0.2) is 0 Å². The normalized spacial score (nSPS) is 12.6. The van der Waals surface area contributed by atoms with Gasteiger partial charge in [-0.2, -0.15) is 0 Å². The summed E-state index contributed by atoms with van der Waals surface area (Å²) < 4.78 is 0. The molecule has 84 valence electrons. The maximum atomic E-state index is 11.3. The highest BCUT2D eigenvalue weighted by atomic mass is 16.2. The molecule has 0 aromatic carbocycles. The van der Waals surface area contributed by atoms with Crippen LogP contribution in [0.3, 0.4) is 0 Å². The average Bonchev–Trinajstić information content (AvgIpc) is 2.14. The summed E-state index contributed by atoms with van der Waals surface area (Å²) in [7, 11) is 0. The maximum absolute atomic E-state index is 11.3.